The van der Waals surface area contributed by atoms with E-state index in [0.717, 1.165) is 0 Å². The molecule has 10 heteroatoms. The second-order valence-corrected chi connectivity index (χ2v) is 7.75. The Bertz CT molecular complexity index is 1090. The van der Waals surface area contributed by atoms with E-state index in [0.29, 0.717) is 49.8 Å². The predicted molar refractivity (Wildman–Crippen MR) is 115 cm³/mol. The first-order chi connectivity index (χ1) is 14.3. The van der Waals surface area contributed by atoms with Crippen molar-refractivity contribution < 1.29 is 19.1 Å². The van der Waals surface area contributed by atoms with Crippen molar-refractivity contribution in [1.29, 1.82) is 0 Å². The highest BCUT2D eigenvalue weighted by Gasteiger charge is 2.23. The highest BCUT2D eigenvalue weighted by Crippen LogP contribution is 2.31. The van der Waals surface area contributed by atoms with Crippen LogP contribution in [0.3, 0.4) is 0 Å². The van der Waals surface area contributed by atoms with Crippen LogP contribution in [0.2, 0.25) is 5.02 Å². The third-order valence-electron chi connectivity index (χ3n) is 4.41. The van der Waals surface area contributed by atoms with Crippen LogP contribution in [0.15, 0.2) is 23.4 Å². The number of halogens is 1. The average molecular weight is 449 g/mol. The van der Waals surface area contributed by atoms with Crippen molar-refractivity contribution in [3.8, 4) is 17.1 Å². The molecule has 158 valence electrons. The van der Waals surface area contributed by atoms with Crippen LogP contribution in [0.5, 0.6) is 5.75 Å². The molecule has 0 saturated heterocycles. The number of aromatic amines is 2. The molecular weight excluding hydrogens is 428 g/mol. The van der Waals surface area contributed by atoms with Crippen LogP contribution in [0.4, 0.5) is 0 Å². The summed E-state index contributed by atoms with van der Waals surface area (Å²) in [5, 5.41) is 7.95. The minimum atomic E-state index is -0.440. The number of thioether (sulfide) groups is 1. The fraction of sp³-hybridized carbons (Fsp3) is 0.300. The number of ketones is 1. The van der Waals surface area contributed by atoms with E-state index in [1.54, 1.807) is 46.1 Å². The van der Waals surface area contributed by atoms with Crippen molar-refractivity contribution in [2.75, 3.05) is 19.5 Å². The maximum atomic E-state index is 12.7. The van der Waals surface area contributed by atoms with Crippen LogP contribution in [0.1, 0.15) is 39.0 Å². The smallest absolute Gasteiger partial charge is 0.340 e. The molecule has 1 aromatic carbocycles. The zero-order chi connectivity index (χ0) is 21.8. The van der Waals surface area contributed by atoms with Gasteiger partial charge in [-0.25, -0.2) is 9.78 Å². The molecular formula is C20H21ClN4O4S. The molecule has 0 aliphatic rings. The predicted octanol–water partition coefficient (Wildman–Crippen LogP) is 4.23. The number of hydrogen-bond donors (Lipinski definition) is 2. The summed E-state index contributed by atoms with van der Waals surface area (Å²) in [7, 11) is 1.56. The number of esters is 1. The van der Waals surface area contributed by atoms with Gasteiger partial charge in [-0.2, -0.15) is 0 Å². The van der Waals surface area contributed by atoms with Gasteiger partial charge in [0.25, 0.3) is 0 Å². The third kappa shape index (κ3) is 4.52. The van der Waals surface area contributed by atoms with Gasteiger partial charge in [-0.05, 0) is 44.5 Å². The molecule has 0 radical (unpaired) electrons. The molecule has 3 aromatic rings. The summed E-state index contributed by atoms with van der Waals surface area (Å²) in [5.41, 5.74) is 2.64. The van der Waals surface area contributed by atoms with E-state index in [-0.39, 0.29) is 18.1 Å². The zero-order valence-corrected chi connectivity index (χ0v) is 18.5. The minimum Gasteiger partial charge on any atom is -0.496 e. The SMILES string of the molecule is CCOC(=O)c1c(C)[nH]c(C(=O)CSc2n[nH]c(-c3cc(Cl)ccc3OC)n2)c1C. The summed E-state index contributed by atoms with van der Waals surface area (Å²) in [5.74, 6) is 0.591. The lowest BCUT2D eigenvalue weighted by Gasteiger charge is -2.05. The van der Waals surface area contributed by atoms with Crippen LogP contribution < -0.4 is 4.74 Å². The highest BCUT2D eigenvalue weighted by molar-refractivity contribution is 7.99. The van der Waals surface area contributed by atoms with Gasteiger partial charge in [-0.15, -0.1) is 5.10 Å². The maximum absolute atomic E-state index is 12.7. The van der Waals surface area contributed by atoms with Gasteiger partial charge in [0.05, 0.1) is 36.3 Å². The Morgan fingerprint density at radius 3 is 2.73 bits per heavy atom. The molecule has 0 saturated carbocycles. The van der Waals surface area contributed by atoms with Gasteiger partial charge in [0.2, 0.25) is 5.16 Å². The molecule has 0 bridgehead atoms. The van der Waals surface area contributed by atoms with Crippen LogP contribution >= 0.6 is 23.4 Å². The number of nitrogens with one attached hydrogen (secondary N) is 2. The zero-order valence-electron chi connectivity index (χ0n) is 17.0. The number of carbonyl (C=O) groups excluding carboxylic acids is 2. The Labute approximate surface area is 182 Å². The van der Waals surface area contributed by atoms with Gasteiger partial charge < -0.3 is 14.5 Å². The minimum absolute atomic E-state index is 0.104. The molecule has 2 aromatic heterocycles. The number of aryl methyl sites for hydroxylation is 1. The number of rotatable bonds is 8. The van der Waals surface area contributed by atoms with Crippen molar-refractivity contribution in [2.24, 2.45) is 0 Å². The Balaban J connectivity index is 1.73. The van der Waals surface area contributed by atoms with Gasteiger partial charge in [-0.3, -0.25) is 9.89 Å². The first kappa shape index (κ1) is 21.9. The van der Waals surface area contributed by atoms with Crippen molar-refractivity contribution in [3.05, 3.63) is 45.7 Å². The molecule has 2 N–H and O–H groups in total. The van der Waals surface area contributed by atoms with Crippen LogP contribution in [0, 0.1) is 13.8 Å². The fourth-order valence-electron chi connectivity index (χ4n) is 3.04. The number of hydrogen-bond acceptors (Lipinski definition) is 7. The van der Waals surface area contributed by atoms with E-state index in [1.807, 2.05) is 0 Å². The molecule has 0 aliphatic heterocycles. The second-order valence-electron chi connectivity index (χ2n) is 6.37. The van der Waals surface area contributed by atoms with Gasteiger partial charge >= 0.3 is 5.97 Å². The lowest BCUT2D eigenvalue weighted by Crippen LogP contribution is -2.08. The maximum Gasteiger partial charge on any atom is 0.340 e. The normalized spacial score (nSPS) is 10.8. The molecule has 0 spiro atoms. The Hall–Kier alpha value is -2.78. The van der Waals surface area contributed by atoms with Gasteiger partial charge in [0.1, 0.15) is 5.75 Å². The molecule has 0 atom stereocenters. The molecule has 3 rings (SSSR count). The summed E-state index contributed by atoms with van der Waals surface area (Å²) in [6, 6.07) is 5.19. The molecule has 30 heavy (non-hydrogen) atoms. The first-order valence-electron chi connectivity index (χ1n) is 9.14. The number of aromatic nitrogens is 4. The van der Waals surface area contributed by atoms with E-state index in [4.69, 9.17) is 21.1 Å². The quantitative estimate of drug-likeness (QED) is 0.301. The van der Waals surface area contributed by atoms with E-state index in [9.17, 15) is 9.59 Å². The van der Waals surface area contributed by atoms with Gasteiger partial charge in [0, 0.05) is 10.7 Å². The number of H-pyrrole nitrogens is 2. The number of benzene rings is 1. The van der Waals surface area contributed by atoms with Crippen LogP contribution in [-0.4, -0.2) is 51.4 Å². The molecule has 0 aliphatic carbocycles. The average Bonchev–Trinajstić information content (AvgIpc) is 3.30. The number of methoxy groups -OCH3 is 1. The third-order valence-corrected chi connectivity index (χ3v) is 5.49. The van der Waals surface area contributed by atoms with Gasteiger partial charge in [-0.1, -0.05) is 23.4 Å². The lowest BCUT2D eigenvalue weighted by molar-refractivity contribution is 0.0525. The van der Waals surface area contributed by atoms with Crippen molar-refractivity contribution in [1.82, 2.24) is 20.2 Å². The monoisotopic (exact) mass is 448 g/mol. The van der Waals surface area contributed by atoms with E-state index in [2.05, 4.69) is 20.2 Å². The Kier molecular flexibility index (Phi) is 6.84. The topological polar surface area (TPSA) is 110 Å². The fourth-order valence-corrected chi connectivity index (χ4v) is 3.88. The van der Waals surface area contributed by atoms with Gasteiger partial charge in [0.15, 0.2) is 11.6 Å². The van der Waals surface area contributed by atoms with Crippen molar-refractivity contribution in [3.63, 3.8) is 0 Å². The molecule has 0 fully saturated rings. The summed E-state index contributed by atoms with van der Waals surface area (Å²) in [4.78, 5) is 32.2. The number of Topliss-reactive ketones (excluding diaryl/α,β-unsaturated/α-hetero) is 1. The molecule has 8 nitrogen and oxygen atoms in total. The van der Waals surface area contributed by atoms with Crippen LogP contribution in [0.25, 0.3) is 11.4 Å². The standard InChI is InChI=1S/C20H21ClN4O4S/c1-5-29-19(27)16-10(2)17(22-11(16)3)14(26)9-30-20-23-18(24-25-20)13-8-12(21)6-7-15(13)28-4/h6-8,22H,5,9H2,1-4H3,(H,23,24,25). The summed E-state index contributed by atoms with van der Waals surface area (Å²) in [6.45, 7) is 5.47. The molecule has 2 heterocycles. The number of carbonyl (C=O) groups is 2. The van der Waals surface area contributed by atoms with E-state index >= 15 is 0 Å². The largest absolute Gasteiger partial charge is 0.496 e. The lowest BCUT2D eigenvalue weighted by atomic mass is 10.1. The molecule has 0 unspecified atom stereocenters. The highest BCUT2D eigenvalue weighted by atomic mass is 35.5. The summed E-state index contributed by atoms with van der Waals surface area (Å²) in [6.07, 6.45) is 0. The van der Waals surface area contributed by atoms with Crippen molar-refractivity contribution >= 4 is 35.1 Å². The summed E-state index contributed by atoms with van der Waals surface area (Å²) < 4.78 is 10.4. The Morgan fingerprint density at radius 2 is 2.03 bits per heavy atom. The van der Waals surface area contributed by atoms with Crippen molar-refractivity contribution in [2.45, 2.75) is 25.9 Å². The van der Waals surface area contributed by atoms with Crippen LogP contribution in [-0.2, 0) is 4.74 Å². The second kappa shape index (κ2) is 9.36. The van der Waals surface area contributed by atoms with E-state index in [1.165, 1.54) is 11.8 Å². The summed E-state index contributed by atoms with van der Waals surface area (Å²) >= 11 is 7.25. The first-order valence-corrected chi connectivity index (χ1v) is 10.5. The molecule has 0 amide bonds. The number of nitrogens with zero attached hydrogens (tertiary/aromatic N) is 2. The number of ether oxygens (including phenoxy) is 2. The Morgan fingerprint density at radius 1 is 1.27 bits per heavy atom. The van der Waals surface area contributed by atoms with E-state index < -0.39 is 5.97 Å².